The molecule has 136 valence electrons. The van der Waals surface area contributed by atoms with Crippen molar-refractivity contribution in [1.82, 2.24) is 10.2 Å². The van der Waals surface area contributed by atoms with Crippen molar-refractivity contribution >= 4 is 15.7 Å². The number of nitrogens with one attached hydrogen (secondary N) is 1. The van der Waals surface area contributed by atoms with E-state index >= 15 is 0 Å². The topological polar surface area (TPSA) is 107 Å². The molecular formula is C17H17N3O5S. The van der Waals surface area contributed by atoms with Crippen LogP contribution < -0.4 is 9.46 Å². The van der Waals surface area contributed by atoms with E-state index in [0.29, 0.717) is 29.9 Å². The van der Waals surface area contributed by atoms with Gasteiger partial charge in [0, 0.05) is 11.6 Å². The summed E-state index contributed by atoms with van der Waals surface area (Å²) in [6, 6.07) is 9.46. The van der Waals surface area contributed by atoms with Gasteiger partial charge in [0.25, 0.3) is 15.9 Å². The Morgan fingerprint density at radius 3 is 2.58 bits per heavy atom. The Morgan fingerprint density at radius 1 is 1.12 bits per heavy atom. The molecule has 9 heteroatoms. The molecule has 2 aromatic heterocycles. The van der Waals surface area contributed by atoms with E-state index in [-0.39, 0.29) is 16.7 Å². The van der Waals surface area contributed by atoms with E-state index in [1.54, 1.807) is 24.3 Å². The number of hydrogen-bond acceptors (Lipinski definition) is 7. The summed E-state index contributed by atoms with van der Waals surface area (Å²) in [6.45, 7) is 2.42. The Labute approximate surface area is 150 Å². The Kier molecular flexibility index (Phi) is 4.15. The van der Waals surface area contributed by atoms with E-state index in [1.165, 1.54) is 12.1 Å². The monoisotopic (exact) mass is 375 g/mol. The minimum atomic E-state index is -3.87. The molecule has 0 unspecified atom stereocenters. The lowest BCUT2D eigenvalue weighted by molar-refractivity contribution is 0.340. The van der Waals surface area contributed by atoms with Crippen molar-refractivity contribution in [3.05, 3.63) is 42.3 Å². The molecule has 1 aliphatic rings. The van der Waals surface area contributed by atoms with Crippen molar-refractivity contribution in [3.63, 3.8) is 0 Å². The SMILES string of the molecule is CCOc1ccc(NS(=O)(=O)c2ccc(-c3nnc(C4CC4)o3)o2)cc1. The molecule has 0 atom stereocenters. The molecule has 0 amide bonds. The van der Waals surface area contributed by atoms with Crippen molar-refractivity contribution in [3.8, 4) is 17.4 Å². The number of anilines is 1. The van der Waals surface area contributed by atoms with Crippen LogP contribution in [0.3, 0.4) is 0 Å². The third-order valence-corrected chi connectivity index (χ3v) is 5.10. The van der Waals surface area contributed by atoms with Crippen LogP contribution in [-0.2, 0) is 10.0 Å². The lowest BCUT2D eigenvalue weighted by Gasteiger charge is -2.07. The third kappa shape index (κ3) is 3.43. The first kappa shape index (κ1) is 16.6. The fourth-order valence-corrected chi connectivity index (χ4v) is 3.39. The summed E-state index contributed by atoms with van der Waals surface area (Å²) in [5.74, 6) is 1.94. The van der Waals surface area contributed by atoms with Crippen molar-refractivity contribution in [2.24, 2.45) is 0 Å². The van der Waals surface area contributed by atoms with Gasteiger partial charge >= 0.3 is 0 Å². The highest BCUT2D eigenvalue weighted by Crippen LogP contribution is 2.40. The van der Waals surface area contributed by atoms with Crippen LogP contribution in [0, 0.1) is 0 Å². The van der Waals surface area contributed by atoms with Crippen LogP contribution in [-0.4, -0.2) is 25.2 Å². The minimum Gasteiger partial charge on any atom is -0.494 e. The first-order chi connectivity index (χ1) is 12.5. The summed E-state index contributed by atoms with van der Waals surface area (Å²) in [6.07, 6.45) is 2.07. The van der Waals surface area contributed by atoms with Crippen molar-refractivity contribution in [1.29, 1.82) is 0 Å². The Bertz CT molecular complexity index is 1000. The van der Waals surface area contributed by atoms with Gasteiger partial charge in [0.15, 0.2) is 5.76 Å². The van der Waals surface area contributed by atoms with Gasteiger partial charge in [-0.25, -0.2) is 0 Å². The summed E-state index contributed by atoms with van der Waals surface area (Å²) in [5, 5.41) is 7.65. The summed E-state index contributed by atoms with van der Waals surface area (Å²) in [7, 11) is -3.87. The number of hydrogen-bond donors (Lipinski definition) is 1. The lowest BCUT2D eigenvalue weighted by Crippen LogP contribution is -2.11. The van der Waals surface area contributed by atoms with Gasteiger partial charge in [0.1, 0.15) is 5.75 Å². The quantitative estimate of drug-likeness (QED) is 0.674. The summed E-state index contributed by atoms with van der Waals surface area (Å²) < 4.78 is 43.7. The average molecular weight is 375 g/mol. The molecule has 1 fully saturated rings. The van der Waals surface area contributed by atoms with Gasteiger partial charge in [-0.05, 0) is 56.2 Å². The van der Waals surface area contributed by atoms with Gasteiger partial charge in [0.2, 0.25) is 11.0 Å². The zero-order chi connectivity index (χ0) is 18.1. The molecule has 1 aromatic carbocycles. The maximum absolute atomic E-state index is 12.5. The van der Waals surface area contributed by atoms with Gasteiger partial charge in [0.05, 0.1) is 6.61 Å². The third-order valence-electron chi connectivity index (χ3n) is 3.84. The maximum atomic E-state index is 12.5. The van der Waals surface area contributed by atoms with Crippen LogP contribution >= 0.6 is 0 Å². The van der Waals surface area contributed by atoms with E-state index in [0.717, 1.165) is 12.8 Å². The van der Waals surface area contributed by atoms with E-state index in [1.807, 2.05) is 6.92 Å². The molecule has 0 bridgehead atoms. The molecule has 1 N–H and O–H groups in total. The number of nitrogens with zero attached hydrogens (tertiary/aromatic N) is 2. The molecule has 4 rings (SSSR count). The summed E-state index contributed by atoms with van der Waals surface area (Å²) in [4.78, 5) is 0. The maximum Gasteiger partial charge on any atom is 0.295 e. The molecule has 1 aliphatic carbocycles. The summed E-state index contributed by atoms with van der Waals surface area (Å²) in [5.41, 5.74) is 0.403. The Balaban J connectivity index is 1.51. The molecule has 8 nitrogen and oxygen atoms in total. The molecular weight excluding hydrogens is 358 g/mol. The van der Waals surface area contributed by atoms with E-state index in [9.17, 15) is 8.42 Å². The average Bonchev–Trinajstić information content (AvgIpc) is 3.14. The fourth-order valence-electron chi connectivity index (χ4n) is 2.40. The molecule has 3 aromatic rings. The number of rotatable bonds is 7. The fraction of sp³-hybridized carbons (Fsp3) is 0.294. The van der Waals surface area contributed by atoms with Gasteiger partial charge in [-0.1, -0.05) is 0 Å². The van der Waals surface area contributed by atoms with Crippen LogP contribution in [0.2, 0.25) is 0 Å². The highest BCUT2D eigenvalue weighted by Gasteiger charge is 2.30. The first-order valence-electron chi connectivity index (χ1n) is 8.24. The predicted octanol–water partition coefficient (Wildman–Crippen LogP) is 3.41. The number of ether oxygens (including phenoxy) is 1. The molecule has 26 heavy (non-hydrogen) atoms. The van der Waals surface area contributed by atoms with Crippen LogP contribution in [0.15, 0.2) is 50.3 Å². The minimum absolute atomic E-state index is 0.175. The first-order valence-corrected chi connectivity index (χ1v) is 9.73. The van der Waals surface area contributed by atoms with Crippen molar-refractivity contribution in [2.75, 3.05) is 11.3 Å². The second-order valence-corrected chi connectivity index (χ2v) is 7.51. The molecule has 1 saturated carbocycles. The van der Waals surface area contributed by atoms with Crippen LogP contribution in [0.1, 0.15) is 31.6 Å². The van der Waals surface area contributed by atoms with Crippen LogP contribution in [0.5, 0.6) is 5.75 Å². The smallest absolute Gasteiger partial charge is 0.295 e. The van der Waals surface area contributed by atoms with E-state index < -0.39 is 10.0 Å². The van der Waals surface area contributed by atoms with Crippen LogP contribution in [0.25, 0.3) is 11.7 Å². The molecule has 0 spiro atoms. The zero-order valence-corrected chi connectivity index (χ0v) is 14.8. The molecule has 0 radical (unpaired) electrons. The van der Waals surface area contributed by atoms with Gasteiger partial charge < -0.3 is 13.6 Å². The van der Waals surface area contributed by atoms with Gasteiger partial charge in [-0.3, -0.25) is 4.72 Å². The summed E-state index contributed by atoms with van der Waals surface area (Å²) >= 11 is 0. The predicted molar refractivity (Wildman–Crippen MR) is 92.4 cm³/mol. The second-order valence-electron chi connectivity index (χ2n) is 5.90. The zero-order valence-electron chi connectivity index (χ0n) is 14.0. The standard InChI is InChI=1S/C17H17N3O5S/c1-2-23-13-7-5-12(6-8-13)20-26(21,22)15-10-9-14(24-15)17-19-18-16(25-17)11-3-4-11/h5-11,20H,2-4H2,1H3. The van der Waals surface area contributed by atoms with Gasteiger partial charge in [-0.15, -0.1) is 10.2 Å². The number of aromatic nitrogens is 2. The lowest BCUT2D eigenvalue weighted by atomic mass is 10.3. The Morgan fingerprint density at radius 2 is 1.88 bits per heavy atom. The number of sulfonamides is 1. The number of furan rings is 1. The highest BCUT2D eigenvalue weighted by atomic mass is 32.2. The molecule has 0 saturated heterocycles. The van der Waals surface area contributed by atoms with E-state index in [4.69, 9.17) is 13.6 Å². The Hall–Kier alpha value is -2.81. The van der Waals surface area contributed by atoms with Gasteiger partial charge in [-0.2, -0.15) is 8.42 Å². The normalized spacial score (nSPS) is 14.3. The van der Waals surface area contributed by atoms with Crippen molar-refractivity contribution < 1.29 is 22.0 Å². The second kappa shape index (κ2) is 6.49. The highest BCUT2D eigenvalue weighted by molar-refractivity contribution is 7.92. The molecule has 0 aliphatic heterocycles. The number of benzene rings is 1. The van der Waals surface area contributed by atoms with Crippen LogP contribution in [0.4, 0.5) is 5.69 Å². The van der Waals surface area contributed by atoms with E-state index in [2.05, 4.69) is 14.9 Å². The van der Waals surface area contributed by atoms with Crippen molar-refractivity contribution in [2.45, 2.75) is 30.8 Å². The molecule has 2 heterocycles. The largest absolute Gasteiger partial charge is 0.494 e.